The molecular weight excluding hydrogens is 256 g/mol. The third kappa shape index (κ3) is 4.65. The average molecular weight is 275 g/mol. The highest BCUT2D eigenvalue weighted by molar-refractivity contribution is 5.53. The number of nitrogens with two attached hydrogens (primary N) is 1. The summed E-state index contributed by atoms with van der Waals surface area (Å²) in [6.07, 6.45) is -0.734. The number of hydrogen-bond acceptors (Lipinski definition) is 4. The first-order chi connectivity index (χ1) is 8.95. The summed E-state index contributed by atoms with van der Waals surface area (Å²) in [5.41, 5.74) is 5.57. The monoisotopic (exact) mass is 275 g/mol. The van der Waals surface area contributed by atoms with Crippen LogP contribution >= 0.6 is 0 Å². The summed E-state index contributed by atoms with van der Waals surface area (Å²) in [6.45, 7) is 5.91. The first kappa shape index (κ1) is 15.7. The highest BCUT2D eigenvalue weighted by Crippen LogP contribution is 2.27. The lowest BCUT2D eigenvalue weighted by Gasteiger charge is -2.20. The van der Waals surface area contributed by atoms with E-state index in [1.165, 1.54) is 6.07 Å². The number of rotatable bonds is 7. The molecule has 2 atom stereocenters. The van der Waals surface area contributed by atoms with E-state index in [1.54, 1.807) is 13.8 Å². The van der Waals surface area contributed by atoms with E-state index in [0.717, 1.165) is 6.07 Å². The van der Waals surface area contributed by atoms with Gasteiger partial charge in [0.15, 0.2) is 17.9 Å². The van der Waals surface area contributed by atoms with Gasteiger partial charge in [-0.1, -0.05) is 0 Å². The number of nitrogen functional groups attached to an aromatic ring is 1. The van der Waals surface area contributed by atoms with Gasteiger partial charge in [-0.2, -0.15) is 4.39 Å². The third-order valence-electron chi connectivity index (χ3n) is 2.37. The van der Waals surface area contributed by atoms with Crippen molar-refractivity contribution < 1.29 is 23.0 Å². The van der Waals surface area contributed by atoms with Crippen molar-refractivity contribution in [2.24, 2.45) is 0 Å². The van der Waals surface area contributed by atoms with E-state index in [-0.39, 0.29) is 24.1 Å². The topological polar surface area (TPSA) is 53.7 Å². The smallest absolute Gasteiger partial charge is 0.202 e. The molecule has 4 nitrogen and oxygen atoms in total. The molecule has 0 heterocycles. The van der Waals surface area contributed by atoms with E-state index in [2.05, 4.69) is 0 Å². The van der Waals surface area contributed by atoms with Crippen LogP contribution in [-0.2, 0) is 9.47 Å². The normalized spacial score (nSPS) is 14.2. The van der Waals surface area contributed by atoms with Crippen LogP contribution in [0.25, 0.3) is 0 Å². The fourth-order valence-electron chi connectivity index (χ4n) is 1.53. The number of benzene rings is 1. The molecule has 0 fully saturated rings. The molecule has 0 aliphatic heterocycles. The molecule has 0 aromatic heterocycles. The Bertz CT molecular complexity index is 415. The second-order valence-electron chi connectivity index (χ2n) is 4.06. The van der Waals surface area contributed by atoms with Crippen molar-refractivity contribution in [1.82, 2.24) is 0 Å². The Labute approximate surface area is 111 Å². The summed E-state index contributed by atoms with van der Waals surface area (Å²) in [5, 5.41) is 0. The van der Waals surface area contributed by atoms with Crippen LogP contribution in [-0.4, -0.2) is 25.6 Å². The molecule has 2 unspecified atom stereocenters. The van der Waals surface area contributed by atoms with Gasteiger partial charge in [0.1, 0.15) is 6.61 Å². The fraction of sp³-hybridized carbons (Fsp3) is 0.538. The average Bonchev–Trinajstić information content (AvgIpc) is 2.34. The lowest BCUT2D eigenvalue weighted by atomic mass is 10.2. The molecule has 0 saturated heterocycles. The highest BCUT2D eigenvalue weighted by Gasteiger charge is 2.15. The van der Waals surface area contributed by atoms with Gasteiger partial charge in [-0.05, 0) is 32.9 Å². The van der Waals surface area contributed by atoms with Gasteiger partial charge in [-0.25, -0.2) is 4.39 Å². The molecule has 2 N–H and O–H groups in total. The van der Waals surface area contributed by atoms with E-state index in [4.69, 9.17) is 19.9 Å². The standard InChI is InChI=1S/C13H19F2NO3/c1-4-17-9(3)19-8(2)7-18-13-11(16)6-5-10(14)12(13)15/h5-6,8-9H,4,7,16H2,1-3H3. The molecule has 108 valence electrons. The summed E-state index contributed by atoms with van der Waals surface area (Å²) in [6, 6.07) is 2.21. The Kier molecular flexibility index (Phi) is 5.98. The van der Waals surface area contributed by atoms with Gasteiger partial charge in [0.2, 0.25) is 5.82 Å². The number of hydrogen-bond donors (Lipinski definition) is 1. The Hall–Kier alpha value is -1.40. The molecule has 19 heavy (non-hydrogen) atoms. The van der Waals surface area contributed by atoms with E-state index in [1.807, 2.05) is 6.92 Å². The van der Waals surface area contributed by atoms with Crippen LogP contribution in [0.15, 0.2) is 12.1 Å². The van der Waals surface area contributed by atoms with Crippen LogP contribution < -0.4 is 10.5 Å². The van der Waals surface area contributed by atoms with Gasteiger partial charge in [0.25, 0.3) is 0 Å². The second-order valence-corrected chi connectivity index (χ2v) is 4.06. The predicted molar refractivity (Wildman–Crippen MR) is 67.9 cm³/mol. The minimum Gasteiger partial charge on any atom is -0.486 e. The molecule has 0 radical (unpaired) electrons. The minimum atomic E-state index is -1.09. The summed E-state index contributed by atoms with van der Waals surface area (Å²) in [5.74, 6) is -2.38. The molecule has 6 heteroatoms. The zero-order valence-corrected chi connectivity index (χ0v) is 11.3. The fourth-order valence-corrected chi connectivity index (χ4v) is 1.53. The lowest BCUT2D eigenvalue weighted by Crippen LogP contribution is -2.25. The maximum Gasteiger partial charge on any atom is 0.202 e. The minimum absolute atomic E-state index is 0.0436. The summed E-state index contributed by atoms with van der Waals surface area (Å²) < 4.78 is 42.3. The van der Waals surface area contributed by atoms with Crippen molar-refractivity contribution in [3.63, 3.8) is 0 Å². The zero-order chi connectivity index (χ0) is 14.4. The van der Waals surface area contributed by atoms with Crippen molar-refractivity contribution in [2.75, 3.05) is 18.9 Å². The van der Waals surface area contributed by atoms with Gasteiger partial charge in [-0.15, -0.1) is 0 Å². The van der Waals surface area contributed by atoms with Crippen LogP contribution in [0, 0.1) is 11.6 Å². The van der Waals surface area contributed by atoms with Crippen LogP contribution in [0.4, 0.5) is 14.5 Å². The predicted octanol–water partition coefficient (Wildman–Crippen LogP) is 2.71. The van der Waals surface area contributed by atoms with Gasteiger partial charge in [0.05, 0.1) is 11.8 Å². The molecule has 1 rings (SSSR count). The molecular formula is C13H19F2NO3. The van der Waals surface area contributed by atoms with Gasteiger partial charge in [-0.3, -0.25) is 0 Å². The van der Waals surface area contributed by atoms with Crippen LogP contribution in [0.2, 0.25) is 0 Å². The van der Waals surface area contributed by atoms with E-state index in [9.17, 15) is 8.78 Å². The quantitative estimate of drug-likeness (QED) is 0.614. The Morgan fingerprint density at radius 3 is 2.58 bits per heavy atom. The Morgan fingerprint density at radius 1 is 1.26 bits per heavy atom. The van der Waals surface area contributed by atoms with Crippen molar-refractivity contribution in [3.05, 3.63) is 23.8 Å². The van der Waals surface area contributed by atoms with Gasteiger partial charge < -0.3 is 19.9 Å². The van der Waals surface area contributed by atoms with Crippen LogP contribution in [0.5, 0.6) is 5.75 Å². The zero-order valence-electron chi connectivity index (χ0n) is 11.3. The lowest BCUT2D eigenvalue weighted by molar-refractivity contribution is -0.159. The summed E-state index contributed by atoms with van der Waals surface area (Å²) in [4.78, 5) is 0. The van der Waals surface area contributed by atoms with E-state index in [0.29, 0.717) is 6.61 Å². The van der Waals surface area contributed by atoms with E-state index >= 15 is 0 Å². The first-order valence-electron chi connectivity index (χ1n) is 6.09. The molecule has 0 aliphatic rings. The van der Waals surface area contributed by atoms with Crippen LogP contribution in [0.3, 0.4) is 0 Å². The SMILES string of the molecule is CCOC(C)OC(C)COc1c(N)ccc(F)c1F. The molecule has 0 spiro atoms. The Morgan fingerprint density at radius 2 is 1.95 bits per heavy atom. The number of halogens is 2. The Balaban J connectivity index is 2.55. The molecule has 0 bridgehead atoms. The van der Waals surface area contributed by atoms with Crippen LogP contribution in [0.1, 0.15) is 20.8 Å². The molecule has 0 saturated carbocycles. The van der Waals surface area contributed by atoms with E-state index < -0.39 is 17.9 Å². The summed E-state index contributed by atoms with van der Waals surface area (Å²) in [7, 11) is 0. The number of anilines is 1. The maximum absolute atomic E-state index is 13.5. The van der Waals surface area contributed by atoms with Gasteiger partial charge >= 0.3 is 0 Å². The van der Waals surface area contributed by atoms with Crippen molar-refractivity contribution in [1.29, 1.82) is 0 Å². The van der Waals surface area contributed by atoms with Crippen molar-refractivity contribution in [3.8, 4) is 5.75 Å². The highest BCUT2D eigenvalue weighted by atomic mass is 19.2. The maximum atomic E-state index is 13.5. The first-order valence-corrected chi connectivity index (χ1v) is 6.09. The van der Waals surface area contributed by atoms with Crippen molar-refractivity contribution >= 4 is 5.69 Å². The van der Waals surface area contributed by atoms with Crippen molar-refractivity contribution in [2.45, 2.75) is 33.2 Å². The summed E-state index contributed by atoms with van der Waals surface area (Å²) >= 11 is 0. The van der Waals surface area contributed by atoms with Gasteiger partial charge in [0, 0.05) is 6.61 Å². The third-order valence-corrected chi connectivity index (χ3v) is 2.37. The molecule has 0 amide bonds. The molecule has 1 aromatic carbocycles. The molecule has 1 aromatic rings. The second kappa shape index (κ2) is 7.25. The largest absolute Gasteiger partial charge is 0.486 e. The number of ether oxygens (including phenoxy) is 3. The molecule has 0 aliphatic carbocycles.